The second kappa shape index (κ2) is 8.74. The second-order valence-corrected chi connectivity index (χ2v) is 4.02. The molecule has 0 spiro atoms. The summed E-state index contributed by atoms with van der Waals surface area (Å²) in [6.45, 7) is 1.70. The third-order valence-electron chi connectivity index (χ3n) is 2.88. The monoisotopic (exact) mass is 269 g/mol. The molecule has 1 atom stereocenters. The molecule has 5 heteroatoms. The Balaban J connectivity index is 2.77. The first-order valence-corrected chi connectivity index (χ1v) is 6.22. The molecule has 1 aromatic carbocycles. The van der Waals surface area contributed by atoms with Gasteiger partial charge in [0.2, 0.25) is 0 Å². The van der Waals surface area contributed by atoms with Crippen molar-refractivity contribution in [2.24, 2.45) is 0 Å². The second-order valence-electron chi connectivity index (χ2n) is 4.02. The van der Waals surface area contributed by atoms with Gasteiger partial charge in [0.05, 0.1) is 40.1 Å². The predicted molar refractivity (Wildman–Crippen MR) is 74.0 cm³/mol. The fourth-order valence-electron chi connectivity index (χ4n) is 1.78. The maximum absolute atomic E-state index is 5.57. The Morgan fingerprint density at radius 3 is 2.47 bits per heavy atom. The van der Waals surface area contributed by atoms with Crippen molar-refractivity contribution in [2.45, 2.75) is 6.04 Å². The van der Waals surface area contributed by atoms with Gasteiger partial charge >= 0.3 is 0 Å². The van der Waals surface area contributed by atoms with E-state index in [9.17, 15) is 0 Å². The lowest BCUT2D eigenvalue weighted by Gasteiger charge is -2.20. The van der Waals surface area contributed by atoms with Gasteiger partial charge in [0.25, 0.3) is 0 Å². The van der Waals surface area contributed by atoms with Crippen molar-refractivity contribution in [1.82, 2.24) is 5.32 Å². The summed E-state index contributed by atoms with van der Waals surface area (Å²) < 4.78 is 21.2. The lowest BCUT2D eigenvalue weighted by atomic mass is 10.1. The minimum Gasteiger partial charge on any atom is -0.497 e. The fraction of sp³-hybridized carbons (Fsp3) is 0.571. The first-order chi connectivity index (χ1) is 9.26. The van der Waals surface area contributed by atoms with Crippen molar-refractivity contribution in [3.63, 3.8) is 0 Å². The van der Waals surface area contributed by atoms with Gasteiger partial charge in [-0.1, -0.05) is 0 Å². The van der Waals surface area contributed by atoms with Crippen LogP contribution in [0.5, 0.6) is 11.5 Å². The molecule has 1 N–H and O–H groups in total. The van der Waals surface area contributed by atoms with Gasteiger partial charge in [-0.25, -0.2) is 0 Å². The number of ether oxygens (including phenoxy) is 4. The van der Waals surface area contributed by atoms with Crippen molar-refractivity contribution in [2.75, 3.05) is 48.2 Å². The minimum atomic E-state index is 0.0434. The van der Waals surface area contributed by atoms with Gasteiger partial charge in [-0.15, -0.1) is 0 Å². The summed E-state index contributed by atoms with van der Waals surface area (Å²) in [7, 11) is 6.85. The SMILES string of the molecule is CNC(COCCOC)c1cc(OC)ccc1OC. The van der Waals surface area contributed by atoms with Gasteiger partial charge in [0.15, 0.2) is 0 Å². The van der Waals surface area contributed by atoms with Gasteiger partial charge in [0, 0.05) is 12.7 Å². The Hall–Kier alpha value is -1.30. The average molecular weight is 269 g/mol. The molecule has 0 aliphatic carbocycles. The van der Waals surface area contributed by atoms with Gasteiger partial charge in [-0.2, -0.15) is 0 Å². The number of hydrogen-bond acceptors (Lipinski definition) is 5. The molecule has 0 aliphatic heterocycles. The Morgan fingerprint density at radius 1 is 1.11 bits per heavy atom. The van der Waals surface area contributed by atoms with Crippen LogP contribution in [0.25, 0.3) is 0 Å². The van der Waals surface area contributed by atoms with Crippen LogP contribution in [0.4, 0.5) is 0 Å². The summed E-state index contributed by atoms with van der Waals surface area (Å²) in [5, 5.41) is 3.22. The van der Waals surface area contributed by atoms with Crippen LogP contribution in [-0.4, -0.2) is 48.2 Å². The molecule has 1 unspecified atom stereocenters. The van der Waals surface area contributed by atoms with E-state index in [0.29, 0.717) is 19.8 Å². The molecule has 0 aromatic heterocycles. The molecule has 0 saturated heterocycles. The third kappa shape index (κ3) is 4.70. The summed E-state index contributed by atoms with van der Waals surface area (Å²) in [6, 6.07) is 5.77. The van der Waals surface area contributed by atoms with Crippen LogP contribution in [0.2, 0.25) is 0 Å². The lowest BCUT2D eigenvalue weighted by Crippen LogP contribution is -2.23. The molecule has 1 rings (SSSR count). The minimum absolute atomic E-state index is 0.0434. The zero-order valence-electron chi connectivity index (χ0n) is 12.1. The standard InChI is InChI=1S/C14H23NO4/c1-15-13(10-19-8-7-16-2)12-9-11(17-3)5-6-14(12)18-4/h5-6,9,13,15H,7-8,10H2,1-4H3. The maximum Gasteiger partial charge on any atom is 0.123 e. The van der Waals surface area contributed by atoms with Crippen molar-refractivity contribution in [3.05, 3.63) is 23.8 Å². The molecular formula is C14H23NO4. The molecule has 108 valence electrons. The van der Waals surface area contributed by atoms with Crippen LogP contribution < -0.4 is 14.8 Å². The zero-order valence-corrected chi connectivity index (χ0v) is 12.1. The normalized spacial score (nSPS) is 12.2. The molecule has 1 aromatic rings. The lowest BCUT2D eigenvalue weighted by molar-refractivity contribution is 0.0593. The van der Waals surface area contributed by atoms with E-state index in [-0.39, 0.29) is 6.04 Å². The van der Waals surface area contributed by atoms with E-state index in [1.54, 1.807) is 21.3 Å². The molecule has 0 bridgehead atoms. The van der Waals surface area contributed by atoms with Crippen LogP contribution in [0.15, 0.2) is 18.2 Å². The number of nitrogens with one attached hydrogen (secondary N) is 1. The molecule has 0 radical (unpaired) electrons. The Morgan fingerprint density at radius 2 is 1.89 bits per heavy atom. The van der Waals surface area contributed by atoms with E-state index >= 15 is 0 Å². The number of rotatable bonds is 9. The Bertz CT molecular complexity index is 370. The van der Waals surface area contributed by atoms with E-state index in [1.807, 2.05) is 25.2 Å². The summed E-state index contributed by atoms with van der Waals surface area (Å²) in [6.07, 6.45) is 0. The topological polar surface area (TPSA) is 49.0 Å². The number of methoxy groups -OCH3 is 3. The highest BCUT2D eigenvalue weighted by Gasteiger charge is 2.15. The summed E-state index contributed by atoms with van der Waals surface area (Å²) in [4.78, 5) is 0. The quantitative estimate of drug-likeness (QED) is 0.690. The average Bonchev–Trinajstić information content (AvgIpc) is 2.47. The van der Waals surface area contributed by atoms with Crippen LogP contribution in [-0.2, 0) is 9.47 Å². The molecule has 0 saturated carbocycles. The molecule has 0 amide bonds. The van der Waals surface area contributed by atoms with Crippen molar-refractivity contribution in [3.8, 4) is 11.5 Å². The van der Waals surface area contributed by atoms with Gasteiger partial charge < -0.3 is 24.3 Å². The van der Waals surface area contributed by atoms with Crippen LogP contribution in [0.1, 0.15) is 11.6 Å². The molecule has 5 nitrogen and oxygen atoms in total. The highest BCUT2D eigenvalue weighted by Crippen LogP contribution is 2.29. The molecule has 0 heterocycles. The number of likely N-dealkylation sites (N-methyl/N-ethyl adjacent to an activating group) is 1. The van der Waals surface area contributed by atoms with E-state index in [4.69, 9.17) is 18.9 Å². The molecular weight excluding hydrogens is 246 g/mol. The smallest absolute Gasteiger partial charge is 0.123 e. The molecule has 19 heavy (non-hydrogen) atoms. The highest BCUT2D eigenvalue weighted by molar-refractivity contribution is 5.42. The first kappa shape index (κ1) is 15.8. The largest absolute Gasteiger partial charge is 0.497 e. The molecule has 0 fully saturated rings. The number of benzene rings is 1. The third-order valence-corrected chi connectivity index (χ3v) is 2.88. The van der Waals surface area contributed by atoms with Gasteiger partial charge in [0.1, 0.15) is 11.5 Å². The van der Waals surface area contributed by atoms with Gasteiger partial charge in [-0.3, -0.25) is 0 Å². The van der Waals surface area contributed by atoms with E-state index < -0.39 is 0 Å². The van der Waals surface area contributed by atoms with Crippen LogP contribution >= 0.6 is 0 Å². The summed E-state index contributed by atoms with van der Waals surface area (Å²) in [5.74, 6) is 1.61. The zero-order chi connectivity index (χ0) is 14.1. The van der Waals surface area contributed by atoms with E-state index in [2.05, 4.69) is 5.32 Å². The highest BCUT2D eigenvalue weighted by atomic mass is 16.5. The van der Waals surface area contributed by atoms with Crippen molar-refractivity contribution >= 4 is 0 Å². The van der Waals surface area contributed by atoms with E-state index in [0.717, 1.165) is 17.1 Å². The van der Waals surface area contributed by atoms with Crippen molar-refractivity contribution in [1.29, 1.82) is 0 Å². The summed E-state index contributed by atoms with van der Waals surface area (Å²) in [5.41, 5.74) is 1.02. The van der Waals surface area contributed by atoms with Crippen molar-refractivity contribution < 1.29 is 18.9 Å². The summed E-state index contributed by atoms with van der Waals surface area (Å²) >= 11 is 0. The fourth-order valence-corrected chi connectivity index (χ4v) is 1.78. The van der Waals surface area contributed by atoms with Crippen LogP contribution in [0.3, 0.4) is 0 Å². The number of hydrogen-bond donors (Lipinski definition) is 1. The Labute approximate surface area is 114 Å². The molecule has 0 aliphatic rings. The van der Waals surface area contributed by atoms with E-state index in [1.165, 1.54) is 0 Å². The predicted octanol–water partition coefficient (Wildman–Crippen LogP) is 1.63. The maximum atomic E-state index is 5.57. The first-order valence-electron chi connectivity index (χ1n) is 6.22. The van der Waals surface area contributed by atoms with Gasteiger partial charge in [-0.05, 0) is 25.2 Å². The Kier molecular flexibility index (Phi) is 7.25. The van der Waals surface area contributed by atoms with Crippen LogP contribution in [0, 0.1) is 0 Å².